The van der Waals surface area contributed by atoms with E-state index in [1.165, 1.54) is 12.8 Å². The van der Waals surface area contributed by atoms with Crippen LogP contribution in [0.15, 0.2) is 24.3 Å². The number of aryl methyl sites for hydroxylation is 1. The van der Waals surface area contributed by atoms with E-state index in [0.29, 0.717) is 10.5 Å². The summed E-state index contributed by atoms with van der Waals surface area (Å²) in [6.07, 6.45) is 2.67. The van der Waals surface area contributed by atoms with E-state index in [-0.39, 0.29) is 0 Å². The lowest BCUT2D eigenvalue weighted by Crippen LogP contribution is -2.48. The van der Waals surface area contributed by atoms with E-state index < -0.39 is 8.80 Å². The monoisotopic (exact) mass is 232 g/mol. The van der Waals surface area contributed by atoms with E-state index in [2.05, 4.69) is 58.1 Å². The Hall–Kier alpha value is -0.563. The Morgan fingerprint density at radius 2 is 1.75 bits per heavy atom. The molecule has 1 aliphatic rings. The van der Waals surface area contributed by atoms with Gasteiger partial charge in [0.2, 0.25) is 0 Å². The van der Waals surface area contributed by atoms with Crippen molar-refractivity contribution in [3.8, 4) is 0 Å². The van der Waals surface area contributed by atoms with Gasteiger partial charge in [0.15, 0.2) is 0 Å². The minimum absolute atomic E-state index is 0.403. The first-order chi connectivity index (χ1) is 7.39. The molecule has 0 aliphatic heterocycles. The second kappa shape index (κ2) is 3.73. The third-order valence-corrected chi connectivity index (χ3v) is 8.05. The van der Waals surface area contributed by atoms with Crippen LogP contribution < -0.4 is 0 Å². The summed E-state index contributed by atoms with van der Waals surface area (Å²) in [4.78, 5) is 0. The fourth-order valence-electron chi connectivity index (χ4n) is 3.88. The molecule has 1 heteroatoms. The first-order valence-corrected chi connectivity index (χ1v) is 9.36. The highest BCUT2D eigenvalue weighted by Crippen LogP contribution is 2.51. The molecular formula is C15H24Si. The molecule has 0 heterocycles. The minimum atomic E-state index is -0.721. The number of hydrogen-bond donors (Lipinski definition) is 0. The van der Waals surface area contributed by atoms with Crippen LogP contribution >= 0.6 is 0 Å². The van der Waals surface area contributed by atoms with Crippen molar-refractivity contribution in [1.29, 1.82) is 0 Å². The summed E-state index contributed by atoms with van der Waals surface area (Å²) in [5.41, 5.74) is 3.68. The van der Waals surface area contributed by atoms with Crippen molar-refractivity contribution in [3.63, 3.8) is 0 Å². The van der Waals surface area contributed by atoms with Crippen LogP contribution in [0.2, 0.25) is 13.1 Å². The summed E-state index contributed by atoms with van der Waals surface area (Å²) in [5.74, 6) is 0. The van der Waals surface area contributed by atoms with Crippen LogP contribution in [0.1, 0.15) is 38.3 Å². The molecule has 0 aromatic heterocycles. The van der Waals surface area contributed by atoms with Gasteiger partial charge in [-0.05, 0) is 34.4 Å². The molecule has 1 aromatic carbocycles. The van der Waals surface area contributed by atoms with E-state index >= 15 is 0 Å². The molecule has 0 bridgehead atoms. The predicted octanol–water partition coefficient (Wildman–Crippen LogP) is 3.94. The number of hydrogen-bond acceptors (Lipinski definition) is 0. The molecular weight excluding hydrogens is 208 g/mol. The molecule has 1 atom stereocenters. The highest BCUT2D eigenvalue weighted by Gasteiger charge is 2.49. The molecule has 0 radical (unpaired) electrons. The van der Waals surface area contributed by atoms with Gasteiger partial charge in [0.1, 0.15) is 0 Å². The van der Waals surface area contributed by atoms with Crippen molar-refractivity contribution in [1.82, 2.24) is 0 Å². The van der Waals surface area contributed by atoms with Crippen molar-refractivity contribution in [3.05, 3.63) is 35.4 Å². The van der Waals surface area contributed by atoms with Crippen molar-refractivity contribution in [2.75, 3.05) is 0 Å². The number of fused-ring (bicyclic) bond motifs is 1. The molecule has 0 N–H and O–H groups in total. The maximum absolute atomic E-state index is 2.52. The maximum atomic E-state index is 2.52. The van der Waals surface area contributed by atoms with Gasteiger partial charge >= 0.3 is 0 Å². The fourth-order valence-corrected chi connectivity index (χ4v) is 7.24. The van der Waals surface area contributed by atoms with E-state index in [1.807, 2.05) is 0 Å². The molecule has 1 aromatic rings. The molecule has 0 saturated carbocycles. The Morgan fingerprint density at radius 3 is 2.31 bits per heavy atom. The summed E-state index contributed by atoms with van der Waals surface area (Å²) in [7, 11) is -0.721. The zero-order valence-corrected chi connectivity index (χ0v) is 12.5. The van der Waals surface area contributed by atoms with E-state index in [0.717, 1.165) is 0 Å². The fraction of sp³-hybridized carbons (Fsp3) is 0.600. The summed E-state index contributed by atoms with van der Waals surface area (Å²) < 4.78 is 0. The summed E-state index contributed by atoms with van der Waals surface area (Å²) >= 11 is 0. The Kier molecular flexibility index (Phi) is 2.78. The van der Waals surface area contributed by atoms with Gasteiger partial charge in [-0.1, -0.05) is 58.1 Å². The van der Waals surface area contributed by atoms with Gasteiger partial charge < -0.3 is 0 Å². The molecule has 1 aliphatic carbocycles. The highest BCUT2D eigenvalue weighted by molar-refractivity contribution is 6.60. The standard InChI is InChI=1S/C15H24Si/c1-14(2,3)15(16(4)5)11-10-12-8-6-7-9-13(12)15/h6-9,16H,10-11H2,1-5H3. The molecule has 0 spiro atoms. The van der Waals surface area contributed by atoms with Crippen LogP contribution in [0.3, 0.4) is 0 Å². The Bertz CT molecular complexity index is 387. The molecule has 88 valence electrons. The lowest BCUT2D eigenvalue weighted by molar-refractivity contribution is 0.266. The van der Waals surface area contributed by atoms with Gasteiger partial charge in [0.25, 0.3) is 0 Å². The first-order valence-electron chi connectivity index (χ1n) is 6.48. The summed E-state index contributed by atoms with van der Waals surface area (Å²) in [6.45, 7) is 12.3. The lowest BCUT2D eigenvalue weighted by atomic mass is 9.76. The molecule has 0 fully saturated rings. The smallest absolute Gasteiger partial charge is 0.0434 e. The molecule has 1 unspecified atom stereocenters. The zero-order valence-electron chi connectivity index (χ0n) is 11.3. The highest BCUT2D eigenvalue weighted by atomic mass is 28.3. The largest absolute Gasteiger partial charge is 0.0714 e. The number of rotatable bonds is 1. The van der Waals surface area contributed by atoms with Crippen LogP contribution in [0.25, 0.3) is 0 Å². The van der Waals surface area contributed by atoms with E-state index in [4.69, 9.17) is 0 Å². The van der Waals surface area contributed by atoms with Gasteiger partial charge in [-0.25, -0.2) is 0 Å². The molecule has 2 rings (SSSR count). The van der Waals surface area contributed by atoms with Gasteiger partial charge in [-0.2, -0.15) is 0 Å². The Morgan fingerprint density at radius 1 is 1.12 bits per heavy atom. The van der Waals surface area contributed by atoms with Crippen molar-refractivity contribution in [2.24, 2.45) is 5.41 Å². The van der Waals surface area contributed by atoms with Gasteiger partial charge in [-0.15, -0.1) is 0 Å². The average Bonchev–Trinajstić information content (AvgIpc) is 2.56. The van der Waals surface area contributed by atoms with Gasteiger partial charge in [0.05, 0.1) is 0 Å². The quantitative estimate of drug-likeness (QED) is 0.643. The van der Waals surface area contributed by atoms with Gasteiger partial charge in [-0.3, -0.25) is 0 Å². The van der Waals surface area contributed by atoms with Crippen LogP contribution in [-0.2, 0) is 11.5 Å². The first kappa shape index (κ1) is 11.9. The third kappa shape index (κ3) is 1.48. The maximum Gasteiger partial charge on any atom is 0.0434 e. The Labute approximate surface area is 102 Å². The van der Waals surface area contributed by atoms with Crippen LogP contribution in [0.4, 0.5) is 0 Å². The molecule has 0 nitrogen and oxygen atoms in total. The zero-order chi connectivity index (χ0) is 12.0. The van der Waals surface area contributed by atoms with Crippen LogP contribution in [-0.4, -0.2) is 8.80 Å². The summed E-state index contributed by atoms with van der Waals surface area (Å²) in [6, 6.07) is 9.14. The van der Waals surface area contributed by atoms with Crippen LogP contribution in [0, 0.1) is 5.41 Å². The van der Waals surface area contributed by atoms with E-state index in [9.17, 15) is 0 Å². The van der Waals surface area contributed by atoms with Crippen LogP contribution in [0.5, 0.6) is 0 Å². The SMILES string of the molecule is C[SiH](C)C1(C(C)(C)C)CCc2ccccc21. The Balaban J connectivity index is 2.61. The second-order valence-corrected chi connectivity index (χ2v) is 9.83. The van der Waals surface area contributed by atoms with Crippen molar-refractivity contribution < 1.29 is 0 Å². The minimum Gasteiger partial charge on any atom is -0.0714 e. The molecule has 0 amide bonds. The second-order valence-electron chi connectivity index (χ2n) is 6.53. The molecule has 0 saturated heterocycles. The average molecular weight is 232 g/mol. The molecule has 16 heavy (non-hydrogen) atoms. The normalized spacial score (nSPS) is 24.9. The predicted molar refractivity (Wildman–Crippen MR) is 74.8 cm³/mol. The summed E-state index contributed by atoms with van der Waals surface area (Å²) in [5, 5.41) is 0.504. The van der Waals surface area contributed by atoms with Crippen molar-refractivity contribution in [2.45, 2.75) is 51.7 Å². The number of benzene rings is 1. The lowest BCUT2D eigenvalue weighted by Gasteiger charge is -2.46. The van der Waals surface area contributed by atoms with E-state index in [1.54, 1.807) is 11.1 Å². The van der Waals surface area contributed by atoms with Crippen molar-refractivity contribution >= 4 is 8.80 Å². The topological polar surface area (TPSA) is 0 Å². The van der Waals surface area contributed by atoms with Gasteiger partial charge in [0, 0.05) is 8.80 Å². The third-order valence-electron chi connectivity index (χ3n) is 4.61.